The Morgan fingerprint density at radius 3 is 2.26 bits per heavy atom. The highest BCUT2D eigenvalue weighted by atomic mass is 127. The third-order valence-electron chi connectivity index (χ3n) is 2.32. The fourth-order valence-electron chi connectivity index (χ4n) is 1.42. The molecule has 0 spiro atoms. The van der Waals surface area contributed by atoms with E-state index in [2.05, 4.69) is 59.4 Å². The highest BCUT2D eigenvalue weighted by molar-refractivity contribution is 14.1. The largest absolute Gasteiger partial charge is 0.287 e. The molecule has 3 nitrogen and oxygen atoms in total. The first-order valence-electron chi connectivity index (χ1n) is 5.15. The topological polar surface area (TPSA) is 46.5 Å². The standard InChI is InChI=1S/C13H6Br2INO2/c14-9-5-7(6-10(15)12(9)18)17-13(19)8-3-1-2-4-11(8)16/h1-6H. The Morgan fingerprint density at radius 1 is 1.11 bits per heavy atom. The molecular weight excluding hydrogens is 489 g/mol. The summed E-state index contributed by atoms with van der Waals surface area (Å²) < 4.78 is 1.58. The van der Waals surface area contributed by atoms with Gasteiger partial charge in [0.25, 0.3) is 5.91 Å². The van der Waals surface area contributed by atoms with Gasteiger partial charge < -0.3 is 0 Å². The number of Topliss-reactive ketones (excluding diaryl/α,β-unsaturated/α-hetero) is 1. The molecule has 0 fully saturated rings. The molecule has 0 saturated heterocycles. The van der Waals surface area contributed by atoms with Crippen LogP contribution in [0, 0.1) is 3.57 Å². The highest BCUT2D eigenvalue weighted by Crippen LogP contribution is 2.23. The van der Waals surface area contributed by atoms with E-state index in [-0.39, 0.29) is 11.7 Å². The van der Waals surface area contributed by atoms with Crippen molar-refractivity contribution in [2.75, 3.05) is 0 Å². The van der Waals surface area contributed by atoms with Gasteiger partial charge in [-0.15, -0.1) is 0 Å². The molecule has 0 N–H and O–H groups in total. The highest BCUT2D eigenvalue weighted by Gasteiger charge is 2.17. The summed E-state index contributed by atoms with van der Waals surface area (Å²) in [6.45, 7) is 0. The summed E-state index contributed by atoms with van der Waals surface area (Å²) in [6, 6.07) is 7.21. The average Bonchev–Trinajstić information content (AvgIpc) is 2.36. The Kier molecular flexibility index (Phi) is 4.86. The summed E-state index contributed by atoms with van der Waals surface area (Å²) in [6.07, 6.45) is 3.06. The number of rotatable bonds is 1. The van der Waals surface area contributed by atoms with Crippen molar-refractivity contribution in [3.05, 3.63) is 54.5 Å². The molecule has 96 valence electrons. The van der Waals surface area contributed by atoms with E-state index < -0.39 is 0 Å². The molecule has 19 heavy (non-hydrogen) atoms. The maximum atomic E-state index is 12.1. The molecule has 0 heterocycles. The first kappa shape index (κ1) is 14.8. The molecule has 2 rings (SSSR count). The maximum Gasteiger partial charge on any atom is 0.278 e. The number of amides is 1. The summed E-state index contributed by atoms with van der Waals surface area (Å²) in [5.41, 5.74) is 0.976. The minimum Gasteiger partial charge on any atom is -0.287 e. The SMILES string of the molecule is O=C1C(Br)=CC(=NC(=O)c2ccccc2I)C=C1Br. The van der Waals surface area contributed by atoms with Crippen molar-refractivity contribution in [1.82, 2.24) is 0 Å². The first-order valence-corrected chi connectivity index (χ1v) is 7.82. The quantitative estimate of drug-likeness (QED) is 0.437. The van der Waals surface area contributed by atoms with Gasteiger partial charge in [0.1, 0.15) is 0 Å². The van der Waals surface area contributed by atoms with E-state index in [1.54, 1.807) is 12.1 Å². The molecule has 1 aliphatic carbocycles. The van der Waals surface area contributed by atoms with Crippen molar-refractivity contribution in [3.8, 4) is 0 Å². The zero-order valence-corrected chi connectivity index (χ0v) is 14.7. The monoisotopic (exact) mass is 493 g/mol. The van der Waals surface area contributed by atoms with E-state index in [1.807, 2.05) is 12.1 Å². The number of carbonyl (C=O) groups is 2. The number of hydrogen-bond acceptors (Lipinski definition) is 2. The van der Waals surface area contributed by atoms with Crippen LogP contribution in [0.1, 0.15) is 10.4 Å². The second-order valence-electron chi connectivity index (χ2n) is 3.64. The number of halogens is 3. The van der Waals surface area contributed by atoms with Gasteiger partial charge in [-0.3, -0.25) is 9.59 Å². The molecule has 6 heteroatoms. The zero-order valence-electron chi connectivity index (χ0n) is 9.36. The fourth-order valence-corrected chi connectivity index (χ4v) is 3.20. The van der Waals surface area contributed by atoms with Crippen LogP contribution in [0.5, 0.6) is 0 Å². The van der Waals surface area contributed by atoms with Crippen LogP contribution < -0.4 is 0 Å². The van der Waals surface area contributed by atoms with Gasteiger partial charge in [-0.25, -0.2) is 4.99 Å². The molecular formula is C13H6Br2INO2. The molecule has 1 aromatic rings. The van der Waals surface area contributed by atoms with Gasteiger partial charge in [0, 0.05) is 3.57 Å². The third kappa shape index (κ3) is 3.49. The molecule has 0 saturated carbocycles. The van der Waals surface area contributed by atoms with Crippen LogP contribution in [-0.2, 0) is 4.79 Å². The molecule has 0 atom stereocenters. The van der Waals surface area contributed by atoms with Gasteiger partial charge in [-0.1, -0.05) is 12.1 Å². The Bertz CT molecular complexity index is 638. The number of hydrogen-bond donors (Lipinski definition) is 0. The number of aliphatic imine (C=N–C) groups is 1. The van der Waals surface area contributed by atoms with Gasteiger partial charge >= 0.3 is 0 Å². The van der Waals surface area contributed by atoms with E-state index in [0.29, 0.717) is 20.2 Å². The Labute approximate surface area is 140 Å². The van der Waals surface area contributed by atoms with Crippen molar-refractivity contribution in [1.29, 1.82) is 0 Å². The normalized spacial score (nSPS) is 14.9. The summed E-state index contributed by atoms with van der Waals surface area (Å²) in [5, 5.41) is 0. The number of ketones is 1. The molecule has 0 aromatic heterocycles. The molecule has 0 aliphatic heterocycles. The molecule has 1 amide bonds. The van der Waals surface area contributed by atoms with Crippen molar-refractivity contribution in [3.63, 3.8) is 0 Å². The third-order valence-corrected chi connectivity index (χ3v) is 4.44. The van der Waals surface area contributed by atoms with Crippen molar-refractivity contribution < 1.29 is 9.59 Å². The van der Waals surface area contributed by atoms with Crippen molar-refractivity contribution in [2.24, 2.45) is 4.99 Å². The summed E-state index contributed by atoms with van der Waals surface area (Å²) in [7, 11) is 0. The van der Waals surface area contributed by atoms with Crippen LogP contribution in [0.4, 0.5) is 0 Å². The molecule has 1 aromatic carbocycles. The summed E-state index contributed by atoms with van der Waals surface area (Å²) in [5.74, 6) is -0.497. The van der Waals surface area contributed by atoms with E-state index in [0.717, 1.165) is 3.57 Å². The summed E-state index contributed by atoms with van der Waals surface area (Å²) in [4.78, 5) is 27.6. The molecule has 0 radical (unpaired) electrons. The van der Waals surface area contributed by atoms with Crippen LogP contribution in [0.2, 0.25) is 0 Å². The second kappa shape index (κ2) is 6.23. The maximum absolute atomic E-state index is 12.1. The van der Waals surface area contributed by atoms with Crippen molar-refractivity contribution >= 4 is 71.9 Å². The second-order valence-corrected chi connectivity index (χ2v) is 6.51. The van der Waals surface area contributed by atoms with Crippen LogP contribution in [-0.4, -0.2) is 17.4 Å². The predicted molar refractivity (Wildman–Crippen MR) is 90.0 cm³/mol. The van der Waals surface area contributed by atoms with Crippen LogP contribution in [0.15, 0.2) is 50.4 Å². The lowest BCUT2D eigenvalue weighted by molar-refractivity contribution is -0.110. The van der Waals surface area contributed by atoms with Crippen LogP contribution in [0.25, 0.3) is 0 Å². The molecule has 0 unspecified atom stereocenters. The van der Waals surface area contributed by atoms with Gasteiger partial charge in [0.2, 0.25) is 5.78 Å². The van der Waals surface area contributed by atoms with Gasteiger partial charge in [0.05, 0.1) is 20.2 Å². The zero-order chi connectivity index (χ0) is 14.0. The Hall–Kier alpha value is -0.600. The van der Waals surface area contributed by atoms with E-state index >= 15 is 0 Å². The number of benzene rings is 1. The average molecular weight is 495 g/mol. The fraction of sp³-hybridized carbons (Fsp3) is 0. The lowest BCUT2D eigenvalue weighted by atomic mass is 10.1. The molecule has 0 bridgehead atoms. The van der Waals surface area contributed by atoms with Crippen LogP contribution >= 0.6 is 54.5 Å². The number of nitrogens with zero attached hydrogens (tertiary/aromatic N) is 1. The van der Waals surface area contributed by atoms with Gasteiger partial charge in [-0.2, -0.15) is 0 Å². The predicted octanol–water partition coefficient (Wildman–Crippen LogP) is 4.01. The van der Waals surface area contributed by atoms with Gasteiger partial charge in [-0.05, 0) is 78.7 Å². The molecule has 1 aliphatic rings. The van der Waals surface area contributed by atoms with Gasteiger partial charge in [0.15, 0.2) is 0 Å². The Morgan fingerprint density at radius 2 is 1.68 bits per heavy atom. The first-order chi connectivity index (χ1) is 8.99. The van der Waals surface area contributed by atoms with E-state index in [9.17, 15) is 9.59 Å². The lowest BCUT2D eigenvalue weighted by Gasteiger charge is -2.06. The number of carbonyl (C=O) groups excluding carboxylic acids is 2. The van der Waals surface area contributed by atoms with Crippen LogP contribution in [0.3, 0.4) is 0 Å². The van der Waals surface area contributed by atoms with E-state index in [1.165, 1.54) is 12.2 Å². The smallest absolute Gasteiger partial charge is 0.278 e. The Balaban J connectivity index is 2.36. The number of allylic oxidation sites excluding steroid dienone is 4. The van der Waals surface area contributed by atoms with E-state index in [4.69, 9.17) is 0 Å². The lowest BCUT2D eigenvalue weighted by Crippen LogP contribution is -2.09. The minimum absolute atomic E-state index is 0.166. The van der Waals surface area contributed by atoms with Crippen molar-refractivity contribution in [2.45, 2.75) is 0 Å². The minimum atomic E-state index is -0.331. The summed E-state index contributed by atoms with van der Waals surface area (Å²) >= 11 is 8.37.